The number of imide groups is 1. The average Bonchev–Trinajstić information content (AvgIpc) is 3.32. The highest BCUT2D eigenvalue weighted by molar-refractivity contribution is 7.87. The number of hydrogen-bond donors (Lipinski definition) is 0. The van der Waals surface area contributed by atoms with Gasteiger partial charge in [-0.3, -0.25) is 19.3 Å². The molecular formula is C36H31NO8S. The van der Waals surface area contributed by atoms with Gasteiger partial charge in [-0.05, 0) is 92.3 Å². The van der Waals surface area contributed by atoms with Gasteiger partial charge in [0.05, 0.1) is 23.1 Å². The topological polar surface area (TPSA) is 124 Å². The quantitative estimate of drug-likeness (QED) is 0.0966. The van der Waals surface area contributed by atoms with Gasteiger partial charge < -0.3 is 8.92 Å². The third-order valence-electron chi connectivity index (χ3n) is 8.56. The number of aryl methyl sites for hydroxylation is 1. The number of carbonyl (C=O) groups is 4. The van der Waals surface area contributed by atoms with Crippen molar-refractivity contribution < 1.29 is 36.5 Å². The SMILES string of the molecule is Cc1ccc(S(=O)(=O)Oc2ccc(C(=O)COC(=O)c3cccc(N4C(=O)[C@H]5C[C@@H](c6ccccc6)CC[C@H]5C4=O)c3)cc2)cc1. The largest absolute Gasteiger partial charge is 0.454 e. The Morgan fingerprint density at radius 3 is 2.20 bits per heavy atom. The highest BCUT2D eigenvalue weighted by Gasteiger charge is 2.50. The summed E-state index contributed by atoms with van der Waals surface area (Å²) in [6, 6.07) is 27.7. The average molecular weight is 638 g/mol. The minimum absolute atomic E-state index is 0.00255. The summed E-state index contributed by atoms with van der Waals surface area (Å²) in [4.78, 5) is 53.6. The van der Waals surface area contributed by atoms with Gasteiger partial charge in [-0.1, -0.05) is 54.1 Å². The molecule has 2 fully saturated rings. The second-order valence-corrected chi connectivity index (χ2v) is 13.1. The normalized spacial score (nSPS) is 19.4. The van der Waals surface area contributed by atoms with Crippen molar-refractivity contribution in [2.45, 2.75) is 37.0 Å². The molecule has 1 aliphatic carbocycles. The zero-order valence-corrected chi connectivity index (χ0v) is 25.8. The van der Waals surface area contributed by atoms with Crippen molar-refractivity contribution in [3.63, 3.8) is 0 Å². The number of Topliss-reactive ketones (excluding diaryl/α,β-unsaturated/α-hetero) is 1. The lowest BCUT2D eigenvalue weighted by molar-refractivity contribution is -0.122. The van der Waals surface area contributed by atoms with Crippen LogP contribution in [0.4, 0.5) is 5.69 Å². The Labute approximate surface area is 266 Å². The van der Waals surface area contributed by atoms with Gasteiger partial charge >= 0.3 is 16.1 Å². The van der Waals surface area contributed by atoms with Crippen LogP contribution in [0.15, 0.2) is 108 Å². The Bertz CT molecular complexity index is 1900. The molecule has 2 aliphatic rings. The molecule has 9 nitrogen and oxygen atoms in total. The van der Waals surface area contributed by atoms with E-state index in [1.54, 1.807) is 24.3 Å². The molecule has 10 heteroatoms. The number of benzene rings is 4. The fourth-order valence-electron chi connectivity index (χ4n) is 6.11. The van der Waals surface area contributed by atoms with Gasteiger partial charge in [0.2, 0.25) is 11.8 Å². The fraction of sp³-hybridized carbons (Fsp3) is 0.222. The minimum Gasteiger partial charge on any atom is -0.454 e. The molecule has 0 bridgehead atoms. The summed E-state index contributed by atoms with van der Waals surface area (Å²) in [5, 5.41) is 0. The molecule has 3 atom stereocenters. The molecule has 1 saturated carbocycles. The number of fused-ring (bicyclic) bond motifs is 1. The van der Waals surface area contributed by atoms with Crippen molar-refractivity contribution in [2.24, 2.45) is 11.8 Å². The van der Waals surface area contributed by atoms with Crippen LogP contribution < -0.4 is 9.08 Å². The molecule has 234 valence electrons. The third-order valence-corrected chi connectivity index (χ3v) is 9.82. The zero-order valence-electron chi connectivity index (χ0n) is 25.0. The molecule has 4 aromatic rings. The van der Waals surface area contributed by atoms with Crippen LogP contribution in [0.2, 0.25) is 0 Å². The first-order valence-corrected chi connectivity index (χ1v) is 16.4. The van der Waals surface area contributed by atoms with E-state index in [1.807, 2.05) is 37.3 Å². The van der Waals surface area contributed by atoms with Crippen LogP contribution >= 0.6 is 0 Å². The number of rotatable bonds is 9. The van der Waals surface area contributed by atoms with Crippen molar-refractivity contribution >= 4 is 39.4 Å². The van der Waals surface area contributed by atoms with E-state index in [-0.39, 0.29) is 51.1 Å². The number of anilines is 1. The van der Waals surface area contributed by atoms with E-state index >= 15 is 0 Å². The summed E-state index contributed by atoms with van der Waals surface area (Å²) in [5.41, 5.74) is 2.63. The van der Waals surface area contributed by atoms with Crippen LogP contribution in [0.25, 0.3) is 0 Å². The van der Waals surface area contributed by atoms with E-state index in [9.17, 15) is 27.6 Å². The summed E-state index contributed by atoms with van der Waals surface area (Å²) in [5.74, 6) is -2.42. The van der Waals surface area contributed by atoms with Crippen LogP contribution in [0.3, 0.4) is 0 Å². The molecule has 4 aromatic carbocycles. The lowest BCUT2D eigenvalue weighted by Crippen LogP contribution is -2.31. The van der Waals surface area contributed by atoms with E-state index in [0.717, 1.165) is 17.5 Å². The highest BCUT2D eigenvalue weighted by atomic mass is 32.2. The molecule has 2 amide bonds. The van der Waals surface area contributed by atoms with Gasteiger partial charge in [0.15, 0.2) is 12.4 Å². The molecule has 1 aliphatic heterocycles. The monoisotopic (exact) mass is 637 g/mol. The molecule has 0 aromatic heterocycles. The Balaban J connectivity index is 1.07. The molecule has 1 saturated heterocycles. The van der Waals surface area contributed by atoms with Gasteiger partial charge in [-0.15, -0.1) is 0 Å². The van der Waals surface area contributed by atoms with Gasteiger partial charge in [0.25, 0.3) is 0 Å². The van der Waals surface area contributed by atoms with Crippen LogP contribution in [0, 0.1) is 18.8 Å². The Morgan fingerprint density at radius 1 is 0.783 bits per heavy atom. The Kier molecular flexibility index (Phi) is 8.55. The smallest absolute Gasteiger partial charge is 0.339 e. The fourth-order valence-corrected chi connectivity index (χ4v) is 7.04. The van der Waals surface area contributed by atoms with Crippen molar-refractivity contribution in [1.29, 1.82) is 0 Å². The van der Waals surface area contributed by atoms with Crippen molar-refractivity contribution in [3.8, 4) is 5.75 Å². The predicted molar refractivity (Wildman–Crippen MR) is 169 cm³/mol. The first-order valence-electron chi connectivity index (χ1n) is 14.9. The lowest BCUT2D eigenvalue weighted by atomic mass is 9.73. The number of esters is 1. The van der Waals surface area contributed by atoms with Crippen molar-refractivity contribution in [2.75, 3.05) is 11.5 Å². The minimum atomic E-state index is -4.05. The molecule has 1 heterocycles. The lowest BCUT2D eigenvalue weighted by Gasteiger charge is -2.28. The van der Waals surface area contributed by atoms with E-state index in [1.165, 1.54) is 53.4 Å². The van der Waals surface area contributed by atoms with E-state index in [2.05, 4.69) is 0 Å². The number of nitrogens with zero attached hydrogens (tertiary/aromatic N) is 1. The summed E-state index contributed by atoms with van der Waals surface area (Å²) >= 11 is 0. The molecule has 0 radical (unpaired) electrons. The number of hydrogen-bond acceptors (Lipinski definition) is 8. The summed E-state index contributed by atoms with van der Waals surface area (Å²) < 4.78 is 35.5. The predicted octanol–water partition coefficient (Wildman–Crippen LogP) is 5.88. The highest BCUT2D eigenvalue weighted by Crippen LogP contribution is 2.45. The van der Waals surface area contributed by atoms with Crippen LogP contribution in [0.1, 0.15) is 57.0 Å². The van der Waals surface area contributed by atoms with Crippen molar-refractivity contribution in [3.05, 3.63) is 125 Å². The molecule has 46 heavy (non-hydrogen) atoms. The standard InChI is InChI=1S/C36H31NO8S/c1-23-10-17-30(18-11-23)46(42,43)45-29-15-12-25(13-16-29)33(38)22-44-36(41)27-8-5-9-28(20-27)37-34(39)31-19-14-26(21-32(31)35(37)40)24-6-3-2-4-7-24/h2-13,15-18,20,26,31-32H,14,19,21-22H2,1H3/t26-,31+,32-/m0/s1. The second-order valence-electron chi connectivity index (χ2n) is 11.6. The number of carbonyl (C=O) groups excluding carboxylic acids is 4. The van der Waals surface area contributed by atoms with Gasteiger partial charge in [-0.2, -0.15) is 8.42 Å². The van der Waals surface area contributed by atoms with Gasteiger partial charge in [-0.25, -0.2) is 4.79 Å². The molecule has 0 N–H and O–H groups in total. The third kappa shape index (κ3) is 6.34. The molecule has 0 unspecified atom stereocenters. The van der Waals surface area contributed by atoms with E-state index in [4.69, 9.17) is 8.92 Å². The maximum atomic E-state index is 13.5. The number of amides is 2. The molecule has 6 rings (SSSR count). The maximum Gasteiger partial charge on any atom is 0.339 e. The summed E-state index contributed by atoms with van der Waals surface area (Å²) in [7, 11) is -4.05. The second kappa shape index (κ2) is 12.7. The first kappa shape index (κ1) is 30.9. The van der Waals surface area contributed by atoms with Gasteiger partial charge in [0, 0.05) is 5.56 Å². The molecular weight excluding hydrogens is 606 g/mol. The van der Waals surface area contributed by atoms with Crippen LogP contribution in [0.5, 0.6) is 5.75 Å². The summed E-state index contributed by atoms with van der Waals surface area (Å²) in [6.45, 7) is 1.27. The van der Waals surface area contributed by atoms with Crippen molar-refractivity contribution in [1.82, 2.24) is 0 Å². The van der Waals surface area contributed by atoms with Gasteiger partial charge in [0.1, 0.15) is 10.6 Å². The number of ether oxygens (including phenoxy) is 1. The van der Waals surface area contributed by atoms with Crippen LogP contribution in [-0.2, 0) is 24.4 Å². The maximum absolute atomic E-state index is 13.5. The van der Waals surface area contributed by atoms with E-state index < -0.39 is 34.4 Å². The Hall–Kier alpha value is -5.09. The van der Waals surface area contributed by atoms with E-state index in [0.29, 0.717) is 12.8 Å². The Morgan fingerprint density at radius 2 is 1.48 bits per heavy atom. The van der Waals surface area contributed by atoms with Crippen LogP contribution in [-0.4, -0.2) is 38.6 Å². The summed E-state index contributed by atoms with van der Waals surface area (Å²) in [6.07, 6.45) is 2.03. The molecule has 0 spiro atoms. The number of ketones is 1. The zero-order chi connectivity index (χ0) is 32.4. The first-order chi connectivity index (χ1) is 22.1.